The van der Waals surface area contributed by atoms with Gasteiger partial charge in [0.2, 0.25) is 6.79 Å². The van der Waals surface area contributed by atoms with E-state index in [2.05, 4.69) is 12.1 Å². The summed E-state index contributed by atoms with van der Waals surface area (Å²) in [4.78, 5) is 16.1. The predicted molar refractivity (Wildman–Crippen MR) is 99.1 cm³/mol. The van der Waals surface area contributed by atoms with E-state index in [0.717, 1.165) is 55.2 Å². The number of nitrogens with zero attached hydrogens (tertiary/aromatic N) is 1. The van der Waals surface area contributed by atoms with Gasteiger partial charge in [0, 0.05) is 10.9 Å². The Morgan fingerprint density at radius 3 is 2.67 bits per heavy atom. The lowest BCUT2D eigenvalue weighted by molar-refractivity contribution is -0.917. The van der Waals surface area contributed by atoms with Crippen molar-refractivity contribution in [1.82, 2.24) is 4.90 Å². The van der Waals surface area contributed by atoms with Crippen LogP contribution in [0.3, 0.4) is 0 Å². The number of fused-ring (bicyclic) bond motifs is 2. The molecule has 0 unspecified atom stereocenters. The molecule has 2 aliphatic rings. The zero-order valence-corrected chi connectivity index (χ0v) is 14.9. The van der Waals surface area contributed by atoms with Crippen LogP contribution in [-0.2, 0) is 6.54 Å². The number of ether oxygens (including phenoxy) is 2. The Bertz CT molecular complexity index is 956. The molecule has 0 saturated carbocycles. The molecule has 1 amide bonds. The minimum Gasteiger partial charge on any atom is -0.454 e. The Morgan fingerprint density at radius 1 is 1.00 bits per heavy atom. The average molecular weight is 365 g/mol. The number of quaternary nitrogens is 1. The predicted octanol–water partition coefficient (Wildman–Crippen LogP) is 1.70. The summed E-state index contributed by atoms with van der Waals surface area (Å²) in [5.41, 5.74) is 1.99. The SMILES string of the molecule is O=C(c1cc2ccccc2o1)N1CC[NH+](Cc2ccc3c(c2)OCO3)CC1. The number of furan rings is 1. The van der Waals surface area contributed by atoms with Gasteiger partial charge in [-0.3, -0.25) is 4.79 Å². The zero-order chi connectivity index (χ0) is 18.2. The molecule has 138 valence electrons. The molecule has 6 heteroatoms. The number of carbonyl (C=O) groups is 1. The summed E-state index contributed by atoms with van der Waals surface area (Å²) in [6.07, 6.45) is 0. The van der Waals surface area contributed by atoms with Crippen molar-refractivity contribution in [2.45, 2.75) is 6.54 Å². The number of rotatable bonds is 3. The molecular weight excluding hydrogens is 344 g/mol. The van der Waals surface area contributed by atoms with Gasteiger partial charge >= 0.3 is 0 Å². The minimum atomic E-state index is -0.0201. The molecule has 1 aromatic heterocycles. The van der Waals surface area contributed by atoms with E-state index in [1.54, 1.807) is 0 Å². The second-order valence-corrected chi connectivity index (χ2v) is 7.06. The minimum absolute atomic E-state index is 0.0201. The molecule has 0 spiro atoms. The number of benzene rings is 2. The molecule has 1 fully saturated rings. The number of amides is 1. The smallest absolute Gasteiger partial charge is 0.290 e. The molecule has 6 nitrogen and oxygen atoms in total. The first-order chi connectivity index (χ1) is 13.3. The molecule has 27 heavy (non-hydrogen) atoms. The number of hydrogen-bond donors (Lipinski definition) is 1. The molecular formula is C21H21N2O4+. The van der Waals surface area contributed by atoms with E-state index < -0.39 is 0 Å². The highest BCUT2D eigenvalue weighted by molar-refractivity contribution is 5.96. The molecule has 2 aromatic carbocycles. The molecule has 2 aliphatic heterocycles. The topological polar surface area (TPSA) is 56.4 Å². The second kappa shape index (κ2) is 6.63. The summed E-state index contributed by atoms with van der Waals surface area (Å²) in [7, 11) is 0. The van der Waals surface area contributed by atoms with Crippen molar-refractivity contribution in [1.29, 1.82) is 0 Å². The van der Waals surface area contributed by atoms with Crippen LogP contribution in [0.1, 0.15) is 16.1 Å². The molecule has 1 N–H and O–H groups in total. The maximum Gasteiger partial charge on any atom is 0.290 e. The van der Waals surface area contributed by atoms with E-state index in [1.165, 1.54) is 10.5 Å². The van der Waals surface area contributed by atoms with Gasteiger partial charge < -0.3 is 23.7 Å². The number of carbonyl (C=O) groups excluding carboxylic acids is 1. The van der Waals surface area contributed by atoms with Crippen molar-refractivity contribution in [3.05, 3.63) is 59.9 Å². The maximum atomic E-state index is 12.8. The van der Waals surface area contributed by atoms with Crippen LogP contribution in [-0.4, -0.2) is 43.8 Å². The van der Waals surface area contributed by atoms with E-state index in [-0.39, 0.29) is 5.91 Å². The number of piperazine rings is 1. The highest BCUT2D eigenvalue weighted by Crippen LogP contribution is 2.32. The fourth-order valence-electron chi connectivity index (χ4n) is 3.79. The molecule has 0 radical (unpaired) electrons. The lowest BCUT2D eigenvalue weighted by atomic mass is 10.1. The van der Waals surface area contributed by atoms with Gasteiger partial charge in [-0.15, -0.1) is 0 Å². The molecule has 0 aliphatic carbocycles. The summed E-state index contributed by atoms with van der Waals surface area (Å²) in [5, 5.41) is 0.966. The number of nitrogens with one attached hydrogen (secondary N) is 1. The van der Waals surface area contributed by atoms with Crippen molar-refractivity contribution in [3.63, 3.8) is 0 Å². The summed E-state index contributed by atoms with van der Waals surface area (Å²) >= 11 is 0. The lowest BCUT2D eigenvalue weighted by Crippen LogP contribution is -3.13. The number of para-hydroxylation sites is 1. The molecule has 3 heterocycles. The first-order valence-electron chi connectivity index (χ1n) is 9.26. The highest BCUT2D eigenvalue weighted by atomic mass is 16.7. The van der Waals surface area contributed by atoms with Gasteiger partial charge in [0.15, 0.2) is 17.3 Å². The van der Waals surface area contributed by atoms with Crippen LogP contribution in [0, 0.1) is 0 Å². The van der Waals surface area contributed by atoms with Gasteiger partial charge in [0.25, 0.3) is 5.91 Å². The Hall–Kier alpha value is -2.99. The van der Waals surface area contributed by atoms with Crippen molar-refractivity contribution in [2.75, 3.05) is 33.0 Å². The van der Waals surface area contributed by atoms with Gasteiger partial charge in [-0.25, -0.2) is 0 Å². The van der Waals surface area contributed by atoms with Crippen LogP contribution in [0.5, 0.6) is 11.5 Å². The summed E-state index contributed by atoms with van der Waals surface area (Å²) in [5.74, 6) is 2.05. The van der Waals surface area contributed by atoms with Crippen LogP contribution >= 0.6 is 0 Å². The lowest BCUT2D eigenvalue weighted by Gasteiger charge is -2.31. The van der Waals surface area contributed by atoms with Crippen molar-refractivity contribution in [2.24, 2.45) is 0 Å². The number of hydrogen-bond acceptors (Lipinski definition) is 4. The van der Waals surface area contributed by atoms with Gasteiger partial charge in [0.1, 0.15) is 12.1 Å². The Kier molecular flexibility index (Phi) is 3.98. The fourth-order valence-corrected chi connectivity index (χ4v) is 3.79. The normalized spacial score (nSPS) is 16.8. The highest BCUT2D eigenvalue weighted by Gasteiger charge is 2.27. The van der Waals surface area contributed by atoms with Crippen LogP contribution < -0.4 is 14.4 Å². The van der Waals surface area contributed by atoms with Gasteiger partial charge in [0.05, 0.1) is 26.2 Å². The second-order valence-electron chi connectivity index (χ2n) is 7.06. The Morgan fingerprint density at radius 2 is 1.81 bits per heavy atom. The molecule has 1 saturated heterocycles. The third-order valence-corrected chi connectivity index (χ3v) is 5.29. The van der Waals surface area contributed by atoms with Gasteiger partial charge in [-0.05, 0) is 30.3 Å². The van der Waals surface area contributed by atoms with Crippen molar-refractivity contribution >= 4 is 16.9 Å². The fraction of sp³-hybridized carbons (Fsp3) is 0.286. The van der Waals surface area contributed by atoms with E-state index in [1.807, 2.05) is 41.3 Å². The molecule has 0 bridgehead atoms. The monoisotopic (exact) mass is 365 g/mol. The first kappa shape index (κ1) is 16.2. The third-order valence-electron chi connectivity index (χ3n) is 5.29. The summed E-state index contributed by atoms with van der Waals surface area (Å²) in [6.45, 7) is 4.52. The molecule has 3 aromatic rings. The van der Waals surface area contributed by atoms with Gasteiger partial charge in [-0.2, -0.15) is 0 Å². The third kappa shape index (κ3) is 3.13. The van der Waals surface area contributed by atoms with Crippen LogP contribution in [0.4, 0.5) is 0 Å². The average Bonchev–Trinajstić information content (AvgIpc) is 3.34. The van der Waals surface area contributed by atoms with Crippen LogP contribution in [0.15, 0.2) is 52.9 Å². The van der Waals surface area contributed by atoms with Crippen LogP contribution in [0.25, 0.3) is 11.0 Å². The standard InChI is InChI=1S/C21H20N2O4/c24-21(20-12-16-3-1-2-4-17(16)27-20)23-9-7-22(8-10-23)13-15-5-6-18-19(11-15)26-14-25-18/h1-6,11-12H,7-10,13-14H2/p+1. The van der Waals surface area contributed by atoms with E-state index in [0.29, 0.717) is 12.6 Å². The maximum absolute atomic E-state index is 12.8. The Labute approximate surface area is 156 Å². The summed E-state index contributed by atoms with van der Waals surface area (Å²) < 4.78 is 16.5. The quantitative estimate of drug-likeness (QED) is 0.768. The van der Waals surface area contributed by atoms with E-state index in [4.69, 9.17) is 13.9 Å². The van der Waals surface area contributed by atoms with E-state index in [9.17, 15) is 4.79 Å². The van der Waals surface area contributed by atoms with Crippen molar-refractivity contribution in [3.8, 4) is 11.5 Å². The van der Waals surface area contributed by atoms with Crippen molar-refractivity contribution < 1.29 is 23.6 Å². The molecule has 5 rings (SSSR count). The van der Waals surface area contributed by atoms with Gasteiger partial charge in [-0.1, -0.05) is 18.2 Å². The first-order valence-corrected chi connectivity index (χ1v) is 9.26. The largest absolute Gasteiger partial charge is 0.454 e. The van der Waals surface area contributed by atoms with Crippen LogP contribution in [0.2, 0.25) is 0 Å². The zero-order valence-electron chi connectivity index (χ0n) is 14.9. The molecule has 0 atom stereocenters. The Balaban J connectivity index is 1.21. The summed E-state index contributed by atoms with van der Waals surface area (Å²) in [6, 6.07) is 15.7. The van der Waals surface area contributed by atoms with E-state index >= 15 is 0 Å².